The molecule has 1 saturated heterocycles. The van der Waals surface area contributed by atoms with Gasteiger partial charge in [0, 0.05) is 23.7 Å². The molecule has 140 valence electrons. The van der Waals surface area contributed by atoms with Crippen LogP contribution in [0.25, 0.3) is 0 Å². The van der Waals surface area contributed by atoms with Gasteiger partial charge in [0.15, 0.2) is 5.96 Å². The first-order valence-electron chi connectivity index (χ1n) is 9.20. The van der Waals surface area contributed by atoms with Crippen LogP contribution in [0.4, 0.5) is 5.69 Å². The minimum Gasteiger partial charge on any atom is -0.376 e. The van der Waals surface area contributed by atoms with Crippen LogP contribution in [-0.2, 0) is 11.2 Å². The number of hydrogen-bond donors (Lipinski definition) is 2. The fourth-order valence-corrected chi connectivity index (χ4v) is 4.09. The Kier molecular flexibility index (Phi) is 6.66. The predicted molar refractivity (Wildman–Crippen MR) is 110 cm³/mol. The van der Waals surface area contributed by atoms with Crippen molar-refractivity contribution in [3.63, 3.8) is 0 Å². The van der Waals surface area contributed by atoms with Crippen LogP contribution in [0.3, 0.4) is 0 Å². The number of rotatable bonds is 6. The van der Waals surface area contributed by atoms with Gasteiger partial charge in [0.2, 0.25) is 0 Å². The van der Waals surface area contributed by atoms with E-state index in [4.69, 9.17) is 10.5 Å². The first-order valence-corrected chi connectivity index (χ1v) is 10.1. The Bertz CT molecular complexity index is 716. The predicted octanol–water partition coefficient (Wildman–Crippen LogP) is 3.50. The van der Waals surface area contributed by atoms with Gasteiger partial charge < -0.3 is 15.8 Å². The Morgan fingerprint density at radius 3 is 3.04 bits per heavy atom. The summed E-state index contributed by atoms with van der Waals surface area (Å²) in [7, 11) is 0. The number of thiophene rings is 1. The van der Waals surface area contributed by atoms with Crippen LogP contribution in [0.1, 0.15) is 30.3 Å². The topological polar surface area (TPSA) is 62.9 Å². The normalized spacial score (nSPS) is 20.1. The van der Waals surface area contributed by atoms with Crippen molar-refractivity contribution >= 4 is 23.0 Å². The first kappa shape index (κ1) is 18.9. The van der Waals surface area contributed by atoms with Crippen molar-refractivity contribution in [3.05, 3.63) is 52.2 Å². The second kappa shape index (κ2) is 9.16. The molecule has 5 nitrogen and oxygen atoms in total. The third kappa shape index (κ3) is 5.06. The smallest absolute Gasteiger partial charge is 0.193 e. The summed E-state index contributed by atoms with van der Waals surface area (Å²) >= 11 is 1.77. The molecule has 6 heteroatoms. The second-order valence-electron chi connectivity index (χ2n) is 6.61. The van der Waals surface area contributed by atoms with Crippen LogP contribution in [0.2, 0.25) is 0 Å². The molecular formula is C20H28N4OS. The van der Waals surface area contributed by atoms with Crippen LogP contribution in [0.5, 0.6) is 0 Å². The number of morpholine rings is 1. The van der Waals surface area contributed by atoms with Crippen molar-refractivity contribution in [1.29, 1.82) is 0 Å². The summed E-state index contributed by atoms with van der Waals surface area (Å²) in [4.78, 5) is 8.41. The molecule has 1 aromatic carbocycles. The molecule has 1 fully saturated rings. The van der Waals surface area contributed by atoms with Crippen molar-refractivity contribution in [2.75, 3.05) is 31.6 Å². The minimum absolute atomic E-state index is 0.240. The van der Waals surface area contributed by atoms with Gasteiger partial charge in [-0.25, -0.2) is 0 Å². The minimum atomic E-state index is 0.240. The molecule has 1 aliphatic heterocycles. The van der Waals surface area contributed by atoms with Gasteiger partial charge in [0.25, 0.3) is 0 Å². The average molecular weight is 373 g/mol. The van der Waals surface area contributed by atoms with E-state index in [0.29, 0.717) is 12.5 Å². The molecule has 0 radical (unpaired) electrons. The number of anilines is 1. The highest BCUT2D eigenvalue weighted by atomic mass is 32.1. The van der Waals surface area contributed by atoms with E-state index in [2.05, 4.69) is 58.7 Å². The summed E-state index contributed by atoms with van der Waals surface area (Å²) in [6.45, 7) is 7.52. The largest absolute Gasteiger partial charge is 0.376 e. The lowest BCUT2D eigenvalue weighted by molar-refractivity contribution is -0.0327. The van der Waals surface area contributed by atoms with E-state index in [-0.39, 0.29) is 12.1 Å². The molecule has 2 heterocycles. The van der Waals surface area contributed by atoms with Crippen LogP contribution < -0.4 is 11.1 Å². The van der Waals surface area contributed by atoms with Crippen LogP contribution >= 0.6 is 11.3 Å². The maximum absolute atomic E-state index is 6.15. The summed E-state index contributed by atoms with van der Waals surface area (Å²) in [5.74, 6) is 0.459. The van der Waals surface area contributed by atoms with Crippen molar-refractivity contribution < 1.29 is 4.74 Å². The lowest BCUT2D eigenvalue weighted by atomic mass is 10.1. The quantitative estimate of drug-likeness (QED) is 0.602. The lowest BCUT2D eigenvalue weighted by Crippen LogP contribution is -2.44. The van der Waals surface area contributed by atoms with Gasteiger partial charge in [-0.05, 0) is 42.5 Å². The van der Waals surface area contributed by atoms with E-state index >= 15 is 0 Å². The molecule has 3 N–H and O–H groups in total. The van der Waals surface area contributed by atoms with Gasteiger partial charge in [-0.15, -0.1) is 11.3 Å². The van der Waals surface area contributed by atoms with E-state index in [9.17, 15) is 0 Å². The van der Waals surface area contributed by atoms with Gasteiger partial charge in [-0.3, -0.25) is 9.89 Å². The van der Waals surface area contributed by atoms with Crippen LogP contribution in [-0.4, -0.2) is 43.2 Å². The molecule has 1 aromatic heterocycles. The monoisotopic (exact) mass is 372 g/mol. The van der Waals surface area contributed by atoms with E-state index < -0.39 is 0 Å². The Hall–Kier alpha value is -1.89. The number of nitrogens with zero attached hydrogens (tertiary/aromatic N) is 2. The Labute approximate surface area is 159 Å². The number of hydrogen-bond acceptors (Lipinski definition) is 4. The highest BCUT2D eigenvalue weighted by Gasteiger charge is 2.26. The summed E-state index contributed by atoms with van der Waals surface area (Å²) in [6, 6.07) is 12.8. The molecule has 2 atom stereocenters. The van der Waals surface area contributed by atoms with Gasteiger partial charge in [-0.1, -0.05) is 25.1 Å². The Balaban J connectivity index is 1.68. The van der Waals surface area contributed by atoms with Gasteiger partial charge in [0.1, 0.15) is 0 Å². The standard InChI is InChI=1S/C20H28N4OS/c1-3-16-6-4-7-17(12-16)23-20(21)22-13-18(19-8-5-11-26-19)24-9-10-25-15(2)14-24/h4-8,11-12,15,18H,3,9-10,13-14H2,1-2H3,(H3,21,22,23). The van der Waals surface area contributed by atoms with Crippen molar-refractivity contribution in [2.45, 2.75) is 32.4 Å². The van der Waals surface area contributed by atoms with Crippen molar-refractivity contribution in [2.24, 2.45) is 10.7 Å². The van der Waals surface area contributed by atoms with E-state index in [0.717, 1.165) is 31.8 Å². The maximum Gasteiger partial charge on any atom is 0.193 e. The molecule has 0 aliphatic carbocycles. The number of aryl methyl sites for hydroxylation is 1. The van der Waals surface area contributed by atoms with Crippen LogP contribution in [0, 0.1) is 0 Å². The number of aliphatic imine (C=N–C) groups is 1. The lowest BCUT2D eigenvalue weighted by Gasteiger charge is -2.36. The summed E-state index contributed by atoms with van der Waals surface area (Å²) in [5, 5.41) is 5.34. The molecule has 0 amide bonds. The third-order valence-corrected chi connectivity index (χ3v) is 5.60. The van der Waals surface area contributed by atoms with Crippen LogP contribution in [0.15, 0.2) is 46.8 Å². The van der Waals surface area contributed by atoms with Gasteiger partial charge in [0.05, 0.1) is 25.3 Å². The Morgan fingerprint density at radius 2 is 2.31 bits per heavy atom. The number of nitrogens with two attached hydrogens (primary N) is 1. The third-order valence-electron chi connectivity index (χ3n) is 4.63. The SMILES string of the molecule is CCc1cccc(NC(N)=NCC(c2cccs2)N2CCOC(C)C2)c1. The molecule has 0 spiro atoms. The second-order valence-corrected chi connectivity index (χ2v) is 7.59. The zero-order valence-corrected chi connectivity index (χ0v) is 16.3. The number of guanidine groups is 1. The highest BCUT2D eigenvalue weighted by molar-refractivity contribution is 7.10. The number of benzene rings is 1. The van der Waals surface area contributed by atoms with E-state index in [1.807, 2.05) is 12.1 Å². The summed E-state index contributed by atoms with van der Waals surface area (Å²) in [6.07, 6.45) is 1.25. The fraction of sp³-hybridized carbons (Fsp3) is 0.450. The maximum atomic E-state index is 6.15. The summed E-state index contributed by atoms with van der Waals surface area (Å²) in [5.41, 5.74) is 8.42. The van der Waals surface area contributed by atoms with Crippen molar-refractivity contribution in [3.8, 4) is 0 Å². The van der Waals surface area contributed by atoms with Gasteiger partial charge in [-0.2, -0.15) is 0 Å². The Morgan fingerprint density at radius 1 is 1.42 bits per heavy atom. The molecule has 1 aliphatic rings. The number of nitrogens with one attached hydrogen (secondary N) is 1. The molecule has 0 saturated carbocycles. The number of ether oxygens (including phenoxy) is 1. The van der Waals surface area contributed by atoms with E-state index in [1.54, 1.807) is 11.3 Å². The molecule has 0 bridgehead atoms. The molecular weight excluding hydrogens is 344 g/mol. The fourth-order valence-electron chi connectivity index (χ4n) is 3.24. The molecule has 2 unspecified atom stereocenters. The molecule has 2 aromatic rings. The van der Waals surface area contributed by atoms with E-state index in [1.165, 1.54) is 10.4 Å². The van der Waals surface area contributed by atoms with Crippen molar-refractivity contribution in [1.82, 2.24) is 4.90 Å². The zero-order chi connectivity index (χ0) is 18.4. The molecule has 3 rings (SSSR count). The molecule has 26 heavy (non-hydrogen) atoms. The van der Waals surface area contributed by atoms with Gasteiger partial charge >= 0.3 is 0 Å². The average Bonchev–Trinajstić information content (AvgIpc) is 3.16. The highest BCUT2D eigenvalue weighted by Crippen LogP contribution is 2.27. The zero-order valence-electron chi connectivity index (χ0n) is 15.5. The summed E-state index contributed by atoms with van der Waals surface area (Å²) < 4.78 is 5.69. The first-order chi connectivity index (χ1) is 12.7.